The third-order valence-corrected chi connectivity index (χ3v) is 4.44. The van der Waals surface area contributed by atoms with E-state index in [0.717, 1.165) is 0 Å². The van der Waals surface area contributed by atoms with Crippen LogP contribution in [-0.4, -0.2) is 47.6 Å². The van der Waals surface area contributed by atoms with Gasteiger partial charge in [-0.1, -0.05) is 29.5 Å². The van der Waals surface area contributed by atoms with Crippen molar-refractivity contribution in [3.63, 3.8) is 0 Å². The number of carbonyl (C=O) groups is 2. The zero-order valence-electron chi connectivity index (χ0n) is 17.1. The first-order chi connectivity index (χ1) is 15.0. The molecule has 162 valence electrons. The van der Waals surface area contributed by atoms with Gasteiger partial charge in [-0.05, 0) is 18.2 Å². The maximum atomic E-state index is 13.6. The highest BCUT2D eigenvalue weighted by molar-refractivity contribution is 5.97. The molecule has 0 radical (unpaired) electrons. The standard InChI is InChI=1S/C21H22FN5O4/c1-30-18-9-5-7-15(19(18)31-2)20(28)23-10-11-27-13-17(25-26-27)21(29)24-12-14-6-3-4-8-16(14)22/h3-9,13H,10-12H2,1-2H3,(H,23,28)(H,24,29). The topological polar surface area (TPSA) is 107 Å². The minimum Gasteiger partial charge on any atom is -0.493 e. The van der Waals surface area contributed by atoms with Gasteiger partial charge in [0.1, 0.15) is 5.82 Å². The number of rotatable bonds is 9. The molecule has 9 nitrogen and oxygen atoms in total. The normalized spacial score (nSPS) is 10.4. The molecule has 0 fully saturated rings. The van der Waals surface area contributed by atoms with E-state index < -0.39 is 11.7 Å². The van der Waals surface area contributed by atoms with Gasteiger partial charge in [-0.2, -0.15) is 0 Å². The van der Waals surface area contributed by atoms with Crippen LogP contribution in [0.3, 0.4) is 0 Å². The van der Waals surface area contributed by atoms with Crippen LogP contribution in [0.15, 0.2) is 48.7 Å². The molecule has 1 heterocycles. The van der Waals surface area contributed by atoms with Crippen LogP contribution in [0, 0.1) is 5.82 Å². The summed E-state index contributed by atoms with van der Waals surface area (Å²) in [6.45, 7) is 0.585. The Morgan fingerprint density at radius 2 is 1.84 bits per heavy atom. The summed E-state index contributed by atoms with van der Waals surface area (Å²) in [6.07, 6.45) is 1.45. The van der Waals surface area contributed by atoms with Gasteiger partial charge in [0.2, 0.25) is 0 Å². The molecule has 2 amide bonds. The van der Waals surface area contributed by atoms with E-state index in [1.54, 1.807) is 36.4 Å². The molecule has 0 aliphatic heterocycles. The lowest BCUT2D eigenvalue weighted by atomic mass is 10.1. The van der Waals surface area contributed by atoms with E-state index >= 15 is 0 Å². The summed E-state index contributed by atoms with van der Waals surface area (Å²) < 4.78 is 25.5. The Hall–Kier alpha value is -3.95. The van der Waals surface area contributed by atoms with Crippen LogP contribution in [0.1, 0.15) is 26.4 Å². The molecule has 3 aromatic rings. The van der Waals surface area contributed by atoms with Gasteiger partial charge in [-0.15, -0.1) is 5.10 Å². The number of halogens is 1. The molecular formula is C21H22FN5O4. The first-order valence-electron chi connectivity index (χ1n) is 9.44. The molecule has 31 heavy (non-hydrogen) atoms. The van der Waals surface area contributed by atoms with Crippen molar-refractivity contribution in [2.45, 2.75) is 13.1 Å². The number of nitrogens with one attached hydrogen (secondary N) is 2. The van der Waals surface area contributed by atoms with Crippen LogP contribution in [0.5, 0.6) is 11.5 Å². The molecule has 1 aromatic heterocycles. The van der Waals surface area contributed by atoms with Crippen molar-refractivity contribution in [3.05, 3.63) is 71.3 Å². The van der Waals surface area contributed by atoms with Gasteiger partial charge in [0, 0.05) is 18.7 Å². The predicted octanol–water partition coefficient (Wildman–Crippen LogP) is 1.79. The SMILES string of the molecule is COc1cccc(C(=O)NCCn2cc(C(=O)NCc3ccccc3F)nn2)c1OC. The third kappa shape index (κ3) is 5.35. The van der Waals surface area contributed by atoms with Gasteiger partial charge in [0.15, 0.2) is 17.2 Å². The van der Waals surface area contributed by atoms with Crippen molar-refractivity contribution < 1.29 is 23.5 Å². The first kappa shape index (κ1) is 21.8. The van der Waals surface area contributed by atoms with Gasteiger partial charge in [0.05, 0.1) is 32.5 Å². The summed E-state index contributed by atoms with van der Waals surface area (Å²) in [5, 5.41) is 13.0. The Kier molecular flexibility index (Phi) is 7.15. The largest absolute Gasteiger partial charge is 0.493 e. The van der Waals surface area contributed by atoms with Gasteiger partial charge >= 0.3 is 0 Å². The molecule has 0 saturated carbocycles. The maximum absolute atomic E-state index is 13.6. The number of hydrogen-bond donors (Lipinski definition) is 2. The number of amides is 2. The third-order valence-electron chi connectivity index (χ3n) is 4.44. The highest BCUT2D eigenvalue weighted by Crippen LogP contribution is 2.30. The molecule has 0 aliphatic carbocycles. The summed E-state index contributed by atoms with van der Waals surface area (Å²) in [5.41, 5.74) is 0.810. The Bertz CT molecular complexity index is 1070. The van der Waals surface area contributed by atoms with E-state index in [1.807, 2.05) is 0 Å². The number of para-hydroxylation sites is 1. The average Bonchev–Trinajstić information content (AvgIpc) is 3.26. The molecule has 10 heteroatoms. The molecule has 0 unspecified atom stereocenters. The van der Waals surface area contributed by atoms with Crippen molar-refractivity contribution in [1.29, 1.82) is 0 Å². The van der Waals surface area contributed by atoms with Crippen molar-refractivity contribution in [2.24, 2.45) is 0 Å². The lowest BCUT2D eigenvalue weighted by molar-refractivity contribution is 0.0937. The molecule has 0 aliphatic rings. The summed E-state index contributed by atoms with van der Waals surface area (Å²) in [4.78, 5) is 24.7. The number of ether oxygens (including phenoxy) is 2. The van der Waals surface area contributed by atoms with Crippen LogP contribution in [0.2, 0.25) is 0 Å². The summed E-state index contributed by atoms with van der Waals surface area (Å²) in [7, 11) is 2.96. The number of benzene rings is 2. The molecule has 0 saturated heterocycles. The van der Waals surface area contributed by atoms with E-state index in [9.17, 15) is 14.0 Å². The maximum Gasteiger partial charge on any atom is 0.273 e. The van der Waals surface area contributed by atoms with Gasteiger partial charge in [-0.3, -0.25) is 9.59 Å². The highest BCUT2D eigenvalue weighted by Gasteiger charge is 2.16. The fourth-order valence-corrected chi connectivity index (χ4v) is 2.86. The number of aromatic nitrogens is 3. The Labute approximate surface area is 178 Å². The molecule has 0 spiro atoms. The number of carbonyl (C=O) groups excluding carboxylic acids is 2. The van der Waals surface area contributed by atoms with Crippen molar-refractivity contribution in [3.8, 4) is 11.5 Å². The summed E-state index contributed by atoms with van der Waals surface area (Å²) in [6, 6.07) is 11.2. The molecule has 0 bridgehead atoms. The van der Waals surface area contributed by atoms with Gasteiger partial charge in [0.25, 0.3) is 11.8 Å². The summed E-state index contributed by atoms with van der Waals surface area (Å²) in [5.74, 6) is -0.400. The van der Waals surface area contributed by atoms with Crippen molar-refractivity contribution in [1.82, 2.24) is 25.6 Å². The van der Waals surface area contributed by atoms with Crippen LogP contribution < -0.4 is 20.1 Å². The quantitative estimate of drug-likeness (QED) is 0.539. The lowest BCUT2D eigenvalue weighted by Crippen LogP contribution is -2.28. The van der Waals surface area contributed by atoms with Crippen molar-refractivity contribution >= 4 is 11.8 Å². The van der Waals surface area contributed by atoms with E-state index in [2.05, 4.69) is 20.9 Å². The Morgan fingerprint density at radius 3 is 2.58 bits per heavy atom. The van der Waals surface area contributed by atoms with E-state index in [0.29, 0.717) is 29.2 Å². The van der Waals surface area contributed by atoms with Crippen molar-refractivity contribution in [2.75, 3.05) is 20.8 Å². The zero-order chi connectivity index (χ0) is 22.2. The monoisotopic (exact) mass is 427 g/mol. The fourth-order valence-electron chi connectivity index (χ4n) is 2.86. The highest BCUT2D eigenvalue weighted by atomic mass is 19.1. The van der Waals surface area contributed by atoms with Crippen LogP contribution >= 0.6 is 0 Å². The van der Waals surface area contributed by atoms with E-state index in [4.69, 9.17) is 9.47 Å². The van der Waals surface area contributed by atoms with E-state index in [1.165, 1.54) is 31.2 Å². The average molecular weight is 427 g/mol. The molecule has 0 atom stereocenters. The first-order valence-corrected chi connectivity index (χ1v) is 9.44. The molecular weight excluding hydrogens is 405 g/mol. The van der Waals surface area contributed by atoms with Crippen LogP contribution in [0.4, 0.5) is 4.39 Å². The smallest absolute Gasteiger partial charge is 0.273 e. The molecule has 2 aromatic carbocycles. The number of nitrogens with zero attached hydrogens (tertiary/aromatic N) is 3. The second-order valence-corrected chi connectivity index (χ2v) is 6.44. The van der Waals surface area contributed by atoms with E-state index in [-0.39, 0.29) is 24.7 Å². The Morgan fingerprint density at radius 1 is 1.03 bits per heavy atom. The minimum absolute atomic E-state index is 0.0385. The second kappa shape index (κ2) is 10.2. The van der Waals surface area contributed by atoms with Gasteiger partial charge < -0.3 is 20.1 Å². The fraction of sp³-hybridized carbons (Fsp3) is 0.238. The molecule has 3 rings (SSSR count). The van der Waals surface area contributed by atoms with Crippen LogP contribution in [-0.2, 0) is 13.1 Å². The minimum atomic E-state index is -0.473. The summed E-state index contributed by atoms with van der Waals surface area (Å²) >= 11 is 0. The Balaban J connectivity index is 1.52. The zero-order valence-corrected chi connectivity index (χ0v) is 17.1. The predicted molar refractivity (Wildman–Crippen MR) is 109 cm³/mol. The number of hydrogen-bond acceptors (Lipinski definition) is 6. The second-order valence-electron chi connectivity index (χ2n) is 6.44. The molecule has 2 N–H and O–H groups in total. The van der Waals surface area contributed by atoms with Crippen LogP contribution in [0.25, 0.3) is 0 Å². The van der Waals surface area contributed by atoms with Gasteiger partial charge in [-0.25, -0.2) is 9.07 Å². The number of methoxy groups -OCH3 is 2. The lowest BCUT2D eigenvalue weighted by Gasteiger charge is -2.12.